The lowest BCUT2D eigenvalue weighted by Crippen LogP contribution is -2.34. The standard InChI is InChI=1S/C12H21N5/c1-8-4-6-17(7-5-8)12-14-10(3)9(2)11(15-12)16-13/h8H,4-7,13H2,1-3H3,(H,14,15,16). The van der Waals surface area contributed by atoms with E-state index in [-0.39, 0.29) is 0 Å². The summed E-state index contributed by atoms with van der Waals surface area (Å²) in [5.41, 5.74) is 4.65. The molecule has 2 heterocycles. The monoisotopic (exact) mass is 235 g/mol. The fraction of sp³-hybridized carbons (Fsp3) is 0.667. The third kappa shape index (κ3) is 2.49. The molecule has 0 aromatic carbocycles. The molecule has 1 fully saturated rings. The van der Waals surface area contributed by atoms with Crippen molar-refractivity contribution in [3.8, 4) is 0 Å². The van der Waals surface area contributed by atoms with Crippen LogP contribution in [0.2, 0.25) is 0 Å². The summed E-state index contributed by atoms with van der Waals surface area (Å²) in [6.07, 6.45) is 2.42. The van der Waals surface area contributed by atoms with Crippen LogP contribution >= 0.6 is 0 Å². The highest BCUT2D eigenvalue weighted by Gasteiger charge is 2.19. The summed E-state index contributed by atoms with van der Waals surface area (Å²) in [5.74, 6) is 7.82. The van der Waals surface area contributed by atoms with E-state index in [1.807, 2.05) is 13.8 Å². The Morgan fingerprint density at radius 2 is 1.88 bits per heavy atom. The molecule has 0 unspecified atom stereocenters. The molecule has 5 nitrogen and oxygen atoms in total. The van der Waals surface area contributed by atoms with E-state index in [1.165, 1.54) is 12.8 Å². The highest BCUT2D eigenvalue weighted by molar-refractivity contribution is 5.49. The van der Waals surface area contributed by atoms with Crippen molar-refractivity contribution in [2.45, 2.75) is 33.6 Å². The van der Waals surface area contributed by atoms with E-state index in [0.29, 0.717) is 0 Å². The van der Waals surface area contributed by atoms with E-state index in [4.69, 9.17) is 5.84 Å². The first-order chi connectivity index (χ1) is 8.11. The van der Waals surface area contributed by atoms with Gasteiger partial charge in [0.2, 0.25) is 5.95 Å². The van der Waals surface area contributed by atoms with Crippen LogP contribution in [-0.2, 0) is 0 Å². The number of rotatable bonds is 2. The van der Waals surface area contributed by atoms with Gasteiger partial charge in [0.1, 0.15) is 5.82 Å². The molecule has 17 heavy (non-hydrogen) atoms. The van der Waals surface area contributed by atoms with Crippen LogP contribution < -0.4 is 16.2 Å². The molecule has 0 saturated carbocycles. The molecule has 3 N–H and O–H groups in total. The Labute approximate surface area is 102 Å². The number of nitrogen functional groups attached to an aromatic ring is 1. The van der Waals surface area contributed by atoms with E-state index in [1.54, 1.807) is 0 Å². The van der Waals surface area contributed by atoms with Crippen LogP contribution in [0, 0.1) is 19.8 Å². The number of nitrogens with one attached hydrogen (secondary N) is 1. The summed E-state index contributed by atoms with van der Waals surface area (Å²) < 4.78 is 0. The van der Waals surface area contributed by atoms with Gasteiger partial charge in [0.25, 0.3) is 0 Å². The molecular weight excluding hydrogens is 214 g/mol. The lowest BCUT2D eigenvalue weighted by atomic mass is 10.00. The number of aryl methyl sites for hydroxylation is 1. The van der Waals surface area contributed by atoms with Gasteiger partial charge in [0.15, 0.2) is 0 Å². The molecular formula is C12H21N5. The van der Waals surface area contributed by atoms with Gasteiger partial charge in [-0.2, -0.15) is 4.98 Å². The zero-order valence-electron chi connectivity index (χ0n) is 10.8. The van der Waals surface area contributed by atoms with Crippen LogP contribution in [0.4, 0.5) is 11.8 Å². The molecule has 1 aliphatic rings. The second kappa shape index (κ2) is 4.87. The molecule has 1 aliphatic heterocycles. The number of hydrogen-bond acceptors (Lipinski definition) is 5. The predicted molar refractivity (Wildman–Crippen MR) is 69.9 cm³/mol. The summed E-state index contributed by atoms with van der Waals surface area (Å²) in [7, 11) is 0. The van der Waals surface area contributed by atoms with Crippen molar-refractivity contribution in [3.63, 3.8) is 0 Å². The van der Waals surface area contributed by atoms with Gasteiger partial charge in [-0.1, -0.05) is 6.92 Å². The Morgan fingerprint density at radius 3 is 2.47 bits per heavy atom. The summed E-state index contributed by atoms with van der Waals surface area (Å²) >= 11 is 0. The van der Waals surface area contributed by atoms with E-state index in [0.717, 1.165) is 42.0 Å². The minimum absolute atomic E-state index is 0.728. The summed E-state index contributed by atoms with van der Waals surface area (Å²) in [5, 5.41) is 0. The summed E-state index contributed by atoms with van der Waals surface area (Å²) in [6.45, 7) is 8.34. The molecule has 2 rings (SSSR count). The normalized spacial score (nSPS) is 17.3. The van der Waals surface area contributed by atoms with E-state index in [2.05, 4.69) is 27.2 Å². The Hall–Kier alpha value is -1.36. The van der Waals surface area contributed by atoms with Crippen molar-refractivity contribution in [1.82, 2.24) is 9.97 Å². The van der Waals surface area contributed by atoms with E-state index >= 15 is 0 Å². The Morgan fingerprint density at radius 1 is 1.24 bits per heavy atom. The van der Waals surface area contributed by atoms with Crippen LogP contribution in [0.1, 0.15) is 31.0 Å². The van der Waals surface area contributed by atoms with E-state index < -0.39 is 0 Å². The van der Waals surface area contributed by atoms with Crippen molar-refractivity contribution in [3.05, 3.63) is 11.3 Å². The lowest BCUT2D eigenvalue weighted by Gasteiger charge is -2.30. The fourth-order valence-electron chi connectivity index (χ4n) is 2.10. The average molecular weight is 235 g/mol. The molecule has 0 spiro atoms. The molecule has 0 atom stereocenters. The molecule has 94 valence electrons. The number of nitrogens with zero attached hydrogens (tertiary/aromatic N) is 3. The Balaban J connectivity index is 2.24. The Bertz CT molecular complexity index is 396. The minimum Gasteiger partial charge on any atom is -0.341 e. The first-order valence-electron chi connectivity index (χ1n) is 6.18. The van der Waals surface area contributed by atoms with Crippen molar-refractivity contribution in [2.24, 2.45) is 11.8 Å². The molecule has 0 amide bonds. The molecule has 1 aromatic heterocycles. The SMILES string of the molecule is Cc1nc(N2CCC(C)CC2)nc(NN)c1C. The Kier molecular flexibility index (Phi) is 3.47. The maximum absolute atomic E-state index is 5.48. The highest BCUT2D eigenvalue weighted by Crippen LogP contribution is 2.23. The number of aromatic nitrogens is 2. The lowest BCUT2D eigenvalue weighted by molar-refractivity contribution is 0.434. The topological polar surface area (TPSA) is 67.1 Å². The molecule has 1 aromatic rings. The fourth-order valence-corrected chi connectivity index (χ4v) is 2.10. The zero-order valence-corrected chi connectivity index (χ0v) is 10.8. The number of hydrazine groups is 1. The number of hydrogen-bond donors (Lipinski definition) is 2. The zero-order chi connectivity index (χ0) is 12.4. The molecule has 5 heteroatoms. The average Bonchev–Trinajstić information content (AvgIpc) is 2.33. The van der Waals surface area contributed by atoms with Gasteiger partial charge < -0.3 is 10.3 Å². The quantitative estimate of drug-likeness (QED) is 0.602. The molecule has 0 radical (unpaired) electrons. The van der Waals surface area contributed by atoms with Crippen LogP contribution in [0.3, 0.4) is 0 Å². The first-order valence-corrected chi connectivity index (χ1v) is 6.18. The maximum atomic E-state index is 5.48. The van der Waals surface area contributed by atoms with Crippen LogP contribution in [0.15, 0.2) is 0 Å². The van der Waals surface area contributed by atoms with Crippen molar-refractivity contribution in [2.75, 3.05) is 23.4 Å². The number of nitrogens with two attached hydrogens (primary N) is 1. The van der Waals surface area contributed by atoms with Gasteiger partial charge in [-0.25, -0.2) is 10.8 Å². The summed E-state index contributed by atoms with van der Waals surface area (Å²) in [6, 6.07) is 0. The predicted octanol–water partition coefficient (Wildman–Crippen LogP) is 1.62. The molecule has 0 aliphatic carbocycles. The van der Waals surface area contributed by atoms with Gasteiger partial charge in [0, 0.05) is 24.3 Å². The van der Waals surface area contributed by atoms with Crippen molar-refractivity contribution in [1.29, 1.82) is 0 Å². The van der Waals surface area contributed by atoms with Crippen molar-refractivity contribution < 1.29 is 0 Å². The smallest absolute Gasteiger partial charge is 0.227 e. The van der Waals surface area contributed by atoms with Gasteiger partial charge in [-0.05, 0) is 32.6 Å². The van der Waals surface area contributed by atoms with Crippen LogP contribution in [0.25, 0.3) is 0 Å². The highest BCUT2D eigenvalue weighted by atomic mass is 15.3. The minimum atomic E-state index is 0.728. The van der Waals surface area contributed by atoms with Crippen LogP contribution in [0.5, 0.6) is 0 Å². The third-order valence-electron chi connectivity index (χ3n) is 3.58. The third-order valence-corrected chi connectivity index (χ3v) is 3.58. The van der Waals surface area contributed by atoms with E-state index in [9.17, 15) is 0 Å². The summed E-state index contributed by atoms with van der Waals surface area (Å²) in [4.78, 5) is 11.3. The molecule has 0 bridgehead atoms. The number of anilines is 2. The van der Waals surface area contributed by atoms with Gasteiger partial charge in [0.05, 0.1) is 0 Å². The van der Waals surface area contributed by atoms with Gasteiger partial charge >= 0.3 is 0 Å². The first kappa shape index (κ1) is 12.1. The van der Waals surface area contributed by atoms with Crippen molar-refractivity contribution >= 4 is 11.8 Å². The largest absolute Gasteiger partial charge is 0.341 e. The number of piperidine rings is 1. The van der Waals surface area contributed by atoms with Gasteiger partial charge in [-0.3, -0.25) is 0 Å². The maximum Gasteiger partial charge on any atom is 0.227 e. The van der Waals surface area contributed by atoms with Crippen LogP contribution in [-0.4, -0.2) is 23.1 Å². The van der Waals surface area contributed by atoms with Gasteiger partial charge in [-0.15, -0.1) is 0 Å². The second-order valence-electron chi connectivity index (χ2n) is 4.90. The second-order valence-corrected chi connectivity index (χ2v) is 4.90. The molecule has 1 saturated heterocycles.